The van der Waals surface area contributed by atoms with Gasteiger partial charge in [0, 0.05) is 25.7 Å². The fourth-order valence-electron chi connectivity index (χ4n) is 1.83. The van der Waals surface area contributed by atoms with Gasteiger partial charge in [0.1, 0.15) is 5.75 Å². The van der Waals surface area contributed by atoms with Crippen LogP contribution >= 0.6 is 19.2 Å². The van der Waals surface area contributed by atoms with Crippen LogP contribution in [0.5, 0.6) is 5.75 Å². The second-order valence-electron chi connectivity index (χ2n) is 4.66. The van der Waals surface area contributed by atoms with Crippen molar-refractivity contribution in [2.45, 2.75) is 32.0 Å². The third-order valence-corrected chi connectivity index (χ3v) is 5.53. The predicted octanol–water partition coefficient (Wildman–Crippen LogP) is 4.26. The highest BCUT2D eigenvalue weighted by Crippen LogP contribution is 2.53. The molecule has 0 heterocycles. The molecule has 0 amide bonds. The molecule has 0 radical (unpaired) electrons. The van der Waals surface area contributed by atoms with Crippen LogP contribution in [0.4, 0.5) is 0 Å². The first-order chi connectivity index (χ1) is 10.9. The molecule has 0 aliphatic heterocycles. The summed E-state index contributed by atoms with van der Waals surface area (Å²) >= 11 is 5.78. The van der Waals surface area contributed by atoms with E-state index in [2.05, 4.69) is 0 Å². The van der Waals surface area contributed by atoms with Gasteiger partial charge in [-0.2, -0.15) is 0 Å². The standard InChI is InChI=1S/C15H22ClO6P/c1-4-15(23(18,19-2)20-3)22-14(17)6-5-11-21-13-9-7-12(16)8-10-13/h7-10,15H,4-6,11H2,1-3H3. The smallest absolute Gasteiger partial charge is 0.370 e. The summed E-state index contributed by atoms with van der Waals surface area (Å²) in [5.74, 6) is -0.689. The van der Waals surface area contributed by atoms with Gasteiger partial charge in [0.15, 0.2) is 0 Å². The Morgan fingerprint density at radius 3 is 2.35 bits per heavy atom. The molecule has 6 nitrogen and oxygen atoms in total. The van der Waals surface area contributed by atoms with E-state index in [0.29, 0.717) is 30.2 Å². The third-order valence-electron chi connectivity index (χ3n) is 3.09. The summed E-state index contributed by atoms with van der Waals surface area (Å²) < 4.78 is 32.6. The van der Waals surface area contributed by atoms with Gasteiger partial charge >= 0.3 is 13.6 Å². The van der Waals surface area contributed by atoms with Crippen LogP contribution in [0.2, 0.25) is 5.02 Å². The van der Waals surface area contributed by atoms with Crippen molar-refractivity contribution in [1.29, 1.82) is 0 Å². The summed E-state index contributed by atoms with van der Waals surface area (Å²) in [5, 5.41) is 0.632. The molecule has 8 heteroatoms. The lowest BCUT2D eigenvalue weighted by atomic mass is 10.3. The molecule has 0 aliphatic carbocycles. The van der Waals surface area contributed by atoms with Crippen molar-refractivity contribution in [3.8, 4) is 5.75 Å². The van der Waals surface area contributed by atoms with Crippen LogP contribution < -0.4 is 4.74 Å². The van der Waals surface area contributed by atoms with Crippen LogP contribution in [0, 0.1) is 0 Å². The van der Waals surface area contributed by atoms with Crippen molar-refractivity contribution >= 4 is 25.2 Å². The van der Waals surface area contributed by atoms with E-state index in [4.69, 9.17) is 30.1 Å². The van der Waals surface area contributed by atoms with Gasteiger partial charge in [0.25, 0.3) is 0 Å². The zero-order chi connectivity index (χ0) is 17.3. The van der Waals surface area contributed by atoms with Crippen molar-refractivity contribution in [3.63, 3.8) is 0 Å². The Hall–Kier alpha value is -1.07. The van der Waals surface area contributed by atoms with E-state index in [1.165, 1.54) is 14.2 Å². The molecule has 0 spiro atoms. The van der Waals surface area contributed by atoms with Gasteiger partial charge in [-0.05, 0) is 37.1 Å². The fourth-order valence-corrected chi connectivity index (χ4v) is 3.27. The number of rotatable bonds is 10. The maximum atomic E-state index is 12.2. The molecule has 0 saturated carbocycles. The molecule has 130 valence electrons. The highest BCUT2D eigenvalue weighted by atomic mass is 35.5. The van der Waals surface area contributed by atoms with Gasteiger partial charge in [-0.25, -0.2) is 0 Å². The molecule has 0 saturated heterocycles. The molecule has 0 aromatic heterocycles. The minimum absolute atomic E-state index is 0.150. The zero-order valence-corrected chi connectivity index (χ0v) is 15.1. The topological polar surface area (TPSA) is 71.1 Å². The fraction of sp³-hybridized carbons (Fsp3) is 0.533. The van der Waals surface area contributed by atoms with Crippen molar-refractivity contribution in [1.82, 2.24) is 0 Å². The van der Waals surface area contributed by atoms with Crippen molar-refractivity contribution in [3.05, 3.63) is 29.3 Å². The van der Waals surface area contributed by atoms with Gasteiger partial charge in [-0.15, -0.1) is 0 Å². The maximum absolute atomic E-state index is 12.2. The van der Waals surface area contributed by atoms with Crippen molar-refractivity contribution < 1.29 is 27.9 Å². The lowest BCUT2D eigenvalue weighted by Gasteiger charge is -2.23. The normalized spacial score (nSPS) is 12.7. The van der Waals surface area contributed by atoms with E-state index in [0.717, 1.165) is 0 Å². The molecule has 1 atom stereocenters. The minimum atomic E-state index is -3.42. The number of hydrogen-bond acceptors (Lipinski definition) is 6. The maximum Gasteiger partial charge on any atom is 0.370 e. The quantitative estimate of drug-likeness (QED) is 0.351. The molecule has 1 aromatic carbocycles. The van der Waals surface area contributed by atoms with E-state index in [9.17, 15) is 9.36 Å². The van der Waals surface area contributed by atoms with E-state index < -0.39 is 19.4 Å². The number of hydrogen-bond donors (Lipinski definition) is 0. The summed E-state index contributed by atoms with van der Waals surface area (Å²) in [6.45, 7) is 2.10. The zero-order valence-electron chi connectivity index (χ0n) is 13.5. The predicted molar refractivity (Wildman–Crippen MR) is 88.0 cm³/mol. The van der Waals surface area contributed by atoms with Gasteiger partial charge < -0.3 is 18.5 Å². The molecule has 1 aromatic rings. The third kappa shape index (κ3) is 6.51. The number of esters is 1. The molecule has 1 unspecified atom stereocenters. The SMILES string of the molecule is CCC(OC(=O)CCCOc1ccc(Cl)cc1)P(=O)(OC)OC. The van der Waals surface area contributed by atoms with Gasteiger partial charge in [-0.3, -0.25) is 9.36 Å². The van der Waals surface area contributed by atoms with E-state index in [1.54, 1.807) is 31.2 Å². The molecular formula is C15H22ClO6P. The van der Waals surface area contributed by atoms with E-state index >= 15 is 0 Å². The highest BCUT2D eigenvalue weighted by molar-refractivity contribution is 7.54. The molecular weight excluding hydrogens is 343 g/mol. The number of carbonyl (C=O) groups excluding carboxylic acids is 1. The summed E-state index contributed by atoms with van der Waals surface area (Å²) in [7, 11) is -0.894. The van der Waals surface area contributed by atoms with Gasteiger partial charge in [0.05, 0.1) is 6.61 Å². The Kier molecular flexibility index (Phi) is 8.63. The van der Waals surface area contributed by atoms with E-state index in [-0.39, 0.29) is 6.42 Å². The Labute approximate surface area is 141 Å². The van der Waals surface area contributed by atoms with Crippen LogP contribution in [0.15, 0.2) is 24.3 Å². The molecule has 23 heavy (non-hydrogen) atoms. The van der Waals surface area contributed by atoms with Crippen molar-refractivity contribution in [2.75, 3.05) is 20.8 Å². The van der Waals surface area contributed by atoms with Crippen LogP contribution in [0.3, 0.4) is 0 Å². The van der Waals surface area contributed by atoms with Crippen LogP contribution in [-0.4, -0.2) is 32.6 Å². The van der Waals surface area contributed by atoms with E-state index in [1.807, 2.05) is 0 Å². The van der Waals surface area contributed by atoms with Crippen LogP contribution in [-0.2, 0) is 23.1 Å². The lowest BCUT2D eigenvalue weighted by Crippen LogP contribution is -2.19. The van der Waals surface area contributed by atoms with Crippen LogP contribution in [0.25, 0.3) is 0 Å². The average molecular weight is 365 g/mol. The first-order valence-electron chi connectivity index (χ1n) is 7.24. The second-order valence-corrected chi connectivity index (χ2v) is 7.49. The molecule has 0 N–H and O–H groups in total. The largest absolute Gasteiger partial charge is 0.494 e. The average Bonchev–Trinajstić information content (AvgIpc) is 2.57. The summed E-state index contributed by atoms with van der Waals surface area (Å²) in [4.78, 5) is 11.8. The highest BCUT2D eigenvalue weighted by Gasteiger charge is 2.35. The minimum Gasteiger partial charge on any atom is -0.494 e. The summed E-state index contributed by atoms with van der Waals surface area (Å²) in [6.07, 6.45) is 0.964. The van der Waals surface area contributed by atoms with Crippen molar-refractivity contribution in [2.24, 2.45) is 0 Å². The monoisotopic (exact) mass is 364 g/mol. The first-order valence-corrected chi connectivity index (χ1v) is 9.23. The van der Waals surface area contributed by atoms with Crippen LogP contribution in [0.1, 0.15) is 26.2 Å². The number of ether oxygens (including phenoxy) is 2. The Morgan fingerprint density at radius 2 is 1.83 bits per heavy atom. The second kappa shape index (κ2) is 9.93. The number of halogens is 1. The molecule has 0 fully saturated rings. The Bertz CT molecular complexity index is 525. The van der Waals surface area contributed by atoms with Gasteiger partial charge in [-0.1, -0.05) is 18.5 Å². The van der Waals surface area contributed by atoms with Gasteiger partial charge in [0.2, 0.25) is 5.85 Å². The summed E-state index contributed by atoms with van der Waals surface area (Å²) in [6, 6.07) is 6.95. The number of benzene rings is 1. The first kappa shape index (κ1) is 20.0. The Morgan fingerprint density at radius 1 is 1.22 bits per heavy atom. The lowest BCUT2D eigenvalue weighted by molar-refractivity contribution is -0.146. The molecule has 1 rings (SSSR count). The summed E-state index contributed by atoms with van der Waals surface area (Å²) in [5.41, 5.74) is 0. The molecule has 0 bridgehead atoms. The number of carbonyl (C=O) groups is 1. The molecule has 0 aliphatic rings. The Balaban J connectivity index is 2.35.